The second-order valence-electron chi connectivity index (χ2n) is 18.9. The maximum absolute atomic E-state index is 14.7. The Morgan fingerprint density at radius 1 is 0.704 bits per heavy atom. The molecule has 2 aromatic carbocycles. The number of aliphatic hydroxyl groups excluding tert-OH is 6. The Hall–Kier alpha value is -4.82. The van der Waals surface area contributed by atoms with Gasteiger partial charge in [-0.15, -0.1) is 0 Å². The van der Waals surface area contributed by atoms with Crippen molar-refractivity contribution in [2.75, 3.05) is 20.3 Å². The Labute approximate surface area is 415 Å². The number of phenolic OH excluding ortho intramolecular Hbond substituents is 2. The number of methoxy groups -OCH3 is 1. The molecule has 394 valence electrons. The van der Waals surface area contributed by atoms with Crippen LogP contribution in [0.5, 0.6) is 23.0 Å². The molecule has 0 unspecified atom stereocenters. The van der Waals surface area contributed by atoms with Crippen molar-refractivity contribution in [1.82, 2.24) is 0 Å². The van der Waals surface area contributed by atoms with E-state index in [1.54, 1.807) is 12.1 Å². The van der Waals surface area contributed by atoms with Crippen molar-refractivity contribution in [1.29, 1.82) is 0 Å². The first-order chi connectivity index (χ1) is 34.0. The van der Waals surface area contributed by atoms with E-state index in [-0.39, 0.29) is 64.0 Å². The van der Waals surface area contributed by atoms with Gasteiger partial charge in [0.2, 0.25) is 11.7 Å². The summed E-state index contributed by atoms with van der Waals surface area (Å²) in [6.07, 6.45) is 6.49. The van der Waals surface area contributed by atoms with Crippen LogP contribution in [-0.2, 0) is 36.6 Å². The van der Waals surface area contributed by atoms with E-state index in [9.17, 15) is 50.4 Å². The molecule has 0 spiro atoms. The molecule has 17 heteroatoms. The van der Waals surface area contributed by atoms with Crippen LogP contribution in [0.3, 0.4) is 0 Å². The van der Waals surface area contributed by atoms with Gasteiger partial charge in [0.15, 0.2) is 29.0 Å². The number of rotatable bonds is 26. The first-order valence-electron chi connectivity index (χ1n) is 24.9. The van der Waals surface area contributed by atoms with Crippen molar-refractivity contribution >= 4 is 27.9 Å². The van der Waals surface area contributed by atoms with Crippen molar-refractivity contribution in [2.45, 2.75) is 186 Å². The number of carbonyl (C=O) groups is 1. The van der Waals surface area contributed by atoms with E-state index >= 15 is 0 Å². The third-order valence-corrected chi connectivity index (χ3v) is 12.7. The van der Waals surface area contributed by atoms with E-state index in [4.69, 9.17) is 32.8 Å². The van der Waals surface area contributed by atoms with Gasteiger partial charge < -0.3 is 73.7 Å². The minimum atomic E-state index is -1.96. The number of phenols is 2. The zero-order valence-electron chi connectivity index (χ0n) is 42.0. The fraction of sp³-hybridized carbons (Fsp3) is 0.593. The molecule has 0 aliphatic carbocycles. The van der Waals surface area contributed by atoms with Gasteiger partial charge >= 0.3 is 5.97 Å². The fourth-order valence-electron chi connectivity index (χ4n) is 8.56. The van der Waals surface area contributed by atoms with Crippen LogP contribution in [0, 0.1) is 0 Å². The summed E-state index contributed by atoms with van der Waals surface area (Å²) in [5.41, 5.74) is 1.29. The molecular weight excluding hydrogens is 921 g/mol. The van der Waals surface area contributed by atoms with Crippen LogP contribution in [0.1, 0.15) is 123 Å². The lowest BCUT2D eigenvalue weighted by molar-refractivity contribution is -0.352. The molecule has 3 heterocycles. The zero-order chi connectivity index (χ0) is 51.8. The van der Waals surface area contributed by atoms with Crippen LogP contribution in [0.2, 0.25) is 0 Å². The molecule has 10 atom stereocenters. The van der Waals surface area contributed by atoms with Gasteiger partial charge in [-0.05, 0) is 85.1 Å². The van der Waals surface area contributed by atoms with Crippen molar-refractivity contribution in [2.24, 2.45) is 0 Å². The highest BCUT2D eigenvalue weighted by atomic mass is 16.7. The first-order valence-corrected chi connectivity index (χ1v) is 24.9. The Balaban J connectivity index is 1.37. The normalized spacial score (nSPS) is 24.7. The third-order valence-electron chi connectivity index (χ3n) is 12.7. The summed E-state index contributed by atoms with van der Waals surface area (Å²) in [5, 5.41) is 87.5. The average Bonchev–Trinajstić information content (AvgIpc) is 3.34. The molecule has 71 heavy (non-hydrogen) atoms. The minimum absolute atomic E-state index is 0.0174. The first kappa shape index (κ1) is 57.1. The number of fused-ring (bicyclic) bond motifs is 2. The molecule has 0 bridgehead atoms. The number of carbonyl (C=O) groups excluding carboxylic acids is 1. The van der Waals surface area contributed by atoms with Gasteiger partial charge in [0, 0.05) is 23.6 Å². The van der Waals surface area contributed by atoms with E-state index in [0.29, 0.717) is 12.0 Å². The summed E-state index contributed by atoms with van der Waals surface area (Å²) in [5.74, 6) is -1.52. The highest BCUT2D eigenvalue weighted by Gasteiger charge is 2.51. The summed E-state index contributed by atoms with van der Waals surface area (Å²) in [7, 11) is 1.38. The molecule has 2 saturated heterocycles. The van der Waals surface area contributed by atoms with Gasteiger partial charge in [0.1, 0.15) is 72.3 Å². The van der Waals surface area contributed by atoms with Crippen molar-refractivity contribution in [3.05, 3.63) is 81.1 Å². The molecule has 8 N–H and O–H groups in total. The second kappa shape index (κ2) is 27.9. The lowest BCUT2D eigenvalue weighted by atomic mass is 9.96. The van der Waals surface area contributed by atoms with Crippen LogP contribution in [-0.4, -0.2) is 129 Å². The maximum Gasteiger partial charge on any atom is 0.305 e. The van der Waals surface area contributed by atoms with Crippen molar-refractivity contribution < 1.29 is 78.5 Å². The largest absolute Gasteiger partial charge is 0.507 e. The fourth-order valence-corrected chi connectivity index (χ4v) is 8.56. The molecular formula is C54H76O17. The van der Waals surface area contributed by atoms with Gasteiger partial charge in [-0.1, -0.05) is 86.6 Å². The molecule has 1 aromatic heterocycles. The summed E-state index contributed by atoms with van der Waals surface area (Å²) < 4.78 is 41.2. The van der Waals surface area contributed by atoms with Gasteiger partial charge in [-0.3, -0.25) is 9.59 Å². The summed E-state index contributed by atoms with van der Waals surface area (Å²) >= 11 is 0. The smallest absolute Gasteiger partial charge is 0.305 e. The van der Waals surface area contributed by atoms with Gasteiger partial charge in [0.25, 0.3) is 0 Å². The van der Waals surface area contributed by atoms with Gasteiger partial charge in [-0.2, -0.15) is 0 Å². The van der Waals surface area contributed by atoms with E-state index in [1.807, 2.05) is 33.8 Å². The van der Waals surface area contributed by atoms with Crippen LogP contribution < -0.4 is 14.9 Å². The van der Waals surface area contributed by atoms with E-state index < -0.39 is 91.8 Å². The Morgan fingerprint density at radius 3 is 2.00 bits per heavy atom. The Bertz CT molecular complexity index is 2380. The SMILES string of the molecule is CCCCC/C=C\C/C=C\CCCCCCCC(=O)OC[C@H]1O[C@@H](Oc2cc(O)c3oc4c(OC)cc(CC=C(C)C)c(O)c4c(=O)c3c2CC=C(C)C)[C@H](O)[C@@H](O)[C@@H]1O[C@@H]1O[C@H](CO)[C@@H](O)[C@H](O)[C@H]1O. The number of unbranched alkanes of at least 4 members (excludes halogenated alkanes) is 8. The number of allylic oxidation sites excluding steroid dienone is 8. The molecule has 2 aliphatic heterocycles. The molecule has 2 aliphatic rings. The highest BCUT2D eigenvalue weighted by molar-refractivity contribution is 6.00. The van der Waals surface area contributed by atoms with Gasteiger partial charge in [0.05, 0.1) is 19.1 Å². The monoisotopic (exact) mass is 997 g/mol. The highest BCUT2D eigenvalue weighted by Crippen LogP contribution is 2.42. The predicted molar refractivity (Wildman–Crippen MR) is 266 cm³/mol. The summed E-state index contributed by atoms with van der Waals surface area (Å²) in [6, 6.07) is 2.71. The van der Waals surface area contributed by atoms with Gasteiger partial charge in [-0.25, -0.2) is 0 Å². The summed E-state index contributed by atoms with van der Waals surface area (Å²) in [4.78, 5) is 27.8. The molecule has 2 fully saturated rings. The molecule has 0 amide bonds. The maximum atomic E-state index is 14.7. The lowest BCUT2D eigenvalue weighted by Gasteiger charge is -2.46. The third kappa shape index (κ3) is 15.1. The van der Waals surface area contributed by atoms with E-state index in [2.05, 4.69) is 31.2 Å². The molecule has 17 nitrogen and oxygen atoms in total. The van der Waals surface area contributed by atoms with E-state index in [0.717, 1.165) is 62.2 Å². The second-order valence-corrected chi connectivity index (χ2v) is 18.9. The number of hydrogen-bond acceptors (Lipinski definition) is 17. The van der Waals surface area contributed by atoms with Crippen LogP contribution in [0.4, 0.5) is 0 Å². The van der Waals surface area contributed by atoms with Crippen LogP contribution in [0.15, 0.2) is 68.9 Å². The van der Waals surface area contributed by atoms with Crippen LogP contribution in [0.25, 0.3) is 21.9 Å². The van der Waals surface area contributed by atoms with E-state index in [1.165, 1.54) is 26.4 Å². The molecule has 0 saturated carbocycles. The number of benzene rings is 2. The topological polar surface area (TPSA) is 264 Å². The van der Waals surface area contributed by atoms with Crippen molar-refractivity contribution in [3.8, 4) is 23.0 Å². The Morgan fingerprint density at radius 2 is 1.34 bits per heavy atom. The number of esters is 1. The number of hydrogen-bond donors (Lipinski definition) is 8. The number of aliphatic hydroxyl groups is 6. The quantitative estimate of drug-likeness (QED) is 0.0179. The molecule has 3 aromatic rings. The number of ether oxygens (including phenoxy) is 6. The molecule has 5 rings (SSSR count). The predicted octanol–water partition coefficient (Wildman–Crippen LogP) is 6.75. The Kier molecular flexibility index (Phi) is 22.4. The average molecular weight is 997 g/mol. The van der Waals surface area contributed by atoms with Crippen LogP contribution >= 0.6 is 0 Å². The number of aromatic hydroxyl groups is 2. The lowest BCUT2D eigenvalue weighted by Crippen LogP contribution is -2.65. The van der Waals surface area contributed by atoms with Crippen molar-refractivity contribution in [3.63, 3.8) is 0 Å². The summed E-state index contributed by atoms with van der Waals surface area (Å²) in [6.45, 7) is 8.31. The standard InChI is InChI=1S/C54H76O17/c1-7-8-9-10-11-12-13-14-15-16-17-18-19-20-21-22-40(57)66-30-39-52(71-54-48(63)46(61)44(59)38(29-55)68-54)47(62)49(64)53(69-39)67-36-28-35(56)50-41(34(36)26-24-32(4)5)45(60)42-43(58)33(25-23-31(2)3)27-37(65-6)51(42)70-50/h11-12,14-15,23-24,27-28,38-39,44,46-49,52-56,58-59,61-64H,7-10,13,16-22,25-26,29-30H2,1-6H3/b12-11-,15-14-/t38-,39-,44-,46+,47-,48-,49-,52-,53-,54+/m1/s1. The molecule has 0 radical (unpaired) electrons. The zero-order valence-corrected chi connectivity index (χ0v) is 42.0. The minimum Gasteiger partial charge on any atom is -0.507 e.